The first-order valence-electron chi connectivity index (χ1n) is 8.38. The first-order chi connectivity index (χ1) is 13.5. The van der Waals surface area contributed by atoms with Crippen LogP contribution in [0.3, 0.4) is 0 Å². The van der Waals surface area contributed by atoms with E-state index in [1.807, 2.05) is 25.1 Å². The normalized spacial score (nSPS) is 10.3. The van der Waals surface area contributed by atoms with Crippen molar-refractivity contribution >= 4 is 34.8 Å². The maximum Gasteiger partial charge on any atom is 0.258 e. The molecule has 0 fully saturated rings. The molecular weight excluding hydrogens is 380 g/mol. The molecule has 0 radical (unpaired) electrons. The van der Waals surface area contributed by atoms with Gasteiger partial charge in [0.2, 0.25) is 5.95 Å². The number of amides is 1. The average molecular weight is 399 g/mol. The van der Waals surface area contributed by atoms with Crippen LogP contribution in [0.2, 0.25) is 5.02 Å². The molecule has 144 valence electrons. The molecule has 0 unspecified atom stereocenters. The van der Waals surface area contributed by atoms with E-state index in [-0.39, 0.29) is 5.91 Å². The highest BCUT2D eigenvalue weighted by atomic mass is 35.5. The summed E-state index contributed by atoms with van der Waals surface area (Å²) in [6.45, 7) is 1.98. The van der Waals surface area contributed by atoms with Crippen LogP contribution in [-0.2, 0) is 0 Å². The van der Waals surface area contributed by atoms with E-state index in [2.05, 4.69) is 20.6 Å². The summed E-state index contributed by atoms with van der Waals surface area (Å²) in [6, 6.07) is 10.7. The Bertz CT molecular complexity index is 993. The first-order valence-corrected chi connectivity index (χ1v) is 8.76. The number of anilines is 3. The Morgan fingerprint density at radius 2 is 1.68 bits per heavy atom. The van der Waals surface area contributed by atoms with Gasteiger partial charge in [0.25, 0.3) is 5.91 Å². The number of hydrogen-bond acceptors (Lipinski definition) is 6. The number of carbonyl (C=O) groups is 1. The third-order valence-electron chi connectivity index (χ3n) is 3.93. The van der Waals surface area contributed by atoms with Crippen molar-refractivity contribution in [2.45, 2.75) is 6.92 Å². The zero-order valence-electron chi connectivity index (χ0n) is 15.6. The third-order valence-corrected chi connectivity index (χ3v) is 4.22. The number of aromatic nitrogens is 2. The maximum atomic E-state index is 12.4. The van der Waals surface area contributed by atoms with E-state index < -0.39 is 0 Å². The number of benzene rings is 2. The van der Waals surface area contributed by atoms with Crippen LogP contribution in [0.4, 0.5) is 17.3 Å². The van der Waals surface area contributed by atoms with Gasteiger partial charge in [0, 0.05) is 18.1 Å². The summed E-state index contributed by atoms with van der Waals surface area (Å²) in [6.07, 6.45) is 2.89. The van der Waals surface area contributed by atoms with Gasteiger partial charge in [-0.2, -0.15) is 0 Å². The topological polar surface area (TPSA) is 85.4 Å². The Hall–Kier alpha value is -3.32. The number of aryl methyl sites for hydroxylation is 1. The summed E-state index contributed by atoms with van der Waals surface area (Å²) >= 11 is 6.07. The monoisotopic (exact) mass is 398 g/mol. The number of ether oxygens (including phenoxy) is 2. The zero-order chi connectivity index (χ0) is 20.1. The van der Waals surface area contributed by atoms with Crippen LogP contribution in [0.1, 0.15) is 15.9 Å². The molecule has 3 rings (SSSR count). The number of methoxy groups -OCH3 is 2. The third kappa shape index (κ3) is 4.50. The Morgan fingerprint density at radius 1 is 1.00 bits per heavy atom. The van der Waals surface area contributed by atoms with Gasteiger partial charge in [-0.15, -0.1) is 0 Å². The average Bonchev–Trinajstić information content (AvgIpc) is 2.69. The van der Waals surface area contributed by atoms with E-state index in [4.69, 9.17) is 21.1 Å². The van der Waals surface area contributed by atoms with Gasteiger partial charge in [-0.25, -0.2) is 9.97 Å². The van der Waals surface area contributed by atoms with Crippen LogP contribution in [0.5, 0.6) is 11.5 Å². The van der Waals surface area contributed by atoms with Gasteiger partial charge in [0.05, 0.1) is 30.5 Å². The fourth-order valence-corrected chi connectivity index (χ4v) is 2.75. The fourth-order valence-electron chi connectivity index (χ4n) is 2.50. The van der Waals surface area contributed by atoms with Crippen molar-refractivity contribution in [2.75, 3.05) is 24.9 Å². The SMILES string of the molecule is COc1ccc(NC(=O)c2cnc(Nc3cc(C)ccc3OC)nc2)cc1Cl. The van der Waals surface area contributed by atoms with Crippen LogP contribution in [0, 0.1) is 6.92 Å². The van der Waals surface area contributed by atoms with Crippen LogP contribution in [-0.4, -0.2) is 30.1 Å². The van der Waals surface area contributed by atoms with Crippen LogP contribution in [0.15, 0.2) is 48.8 Å². The summed E-state index contributed by atoms with van der Waals surface area (Å²) in [5, 5.41) is 6.24. The van der Waals surface area contributed by atoms with Crippen LogP contribution in [0.25, 0.3) is 0 Å². The zero-order valence-corrected chi connectivity index (χ0v) is 16.4. The molecule has 1 amide bonds. The highest BCUT2D eigenvalue weighted by molar-refractivity contribution is 6.32. The second-order valence-electron chi connectivity index (χ2n) is 5.93. The van der Waals surface area contributed by atoms with E-state index >= 15 is 0 Å². The molecule has 3 aromatic rings. The summed E-state index contributed by atoms with van der Waals surface area (Å²) in [4.78, 5) is 20.8. The van der Waals surface area contributed by atoms with Gasteiger partial charge in [0.1, 0.15) is 11.5 Å². The molecule has 0 aliphatic rings. The van der Waals surface area contributed by atoms with Crippen molar-refractivity contribution in [2.24, 2.45) is 0 Å². The predicted octanol–water partition coefficient (Wildman–Crippen LogP) is 4.45. The molecule has 1 heterocycles. The number of halogens is 1. The van der Waals surface area contributed by atoms with E-state index in [0.29, 0.717) is 33.7 Å². The molecule has 0 saturated heterocycles. The van der Waals surface area contributed by atoms with Crippen LogP contribution >= 0.6 is 11.6 Å². The number of rotatable bonds is 6. The van der Waals surface area contributed by atoms with E-state index in [1.165, 1.54) is 19.5 Å². The Labute approximate surface area is 167 Å². The Kier molecular flexibility index (Phi) is 5.96. The Morgan fingerprint density at radius 3 is 2.32 bits per heavy atom. The number of hydrogen-bond donors (Lipinski definition) is 2. The minimum atomic E-state index is -0.346. The minimum absolute atomic E-state index is 0.314. The lowest BCUT2D eigenvalue weighted by molar-refractivity contribution is 0.102. The smallest absolute Gasteiger partial charge is 0.258 e. The molecule has 2 aromatic carbocycles. The van der Waals surface area contributed by atoms with Crippen molar-refractivity contribution in [1.29, 1.82) is 0 Å². The van der Waals surface area contributed by atoms with Gasteiger partial charge in [-0.1, -0.05) is 17.7 Å². The van der Waals surface area contributed by atoms with Gasteiger partial charge in [-0.05, 0) is 42.8 Å². The van der Waals surface area contributed by atoms with Gasteiger partial charge >= 0.3 is 0 Å². The summed E-state index contributed by atoms with van der Waals surface area (Å²) in [5.41, 5.74) is 2.67. The highest BCUT2D eigenvalue weighted by Crippen LogP contribution is 2.28. The van der Waals surface area contributed by atoms with Crippen LogP contribution < -0.4 is 20.1 Å². The van der Waals surface area contributed by atoms with Crippen molar-refractivity contribution in [3.8, 4) is 11.5 Å². The minimum Gasteiger partial charge on any atom is -0.495 e. The second-order valence-corrected chi connectivity index (χ2v) is 6.33. The molecule has 0 bridgehead atoms. The molecule has 0 saturated carbocycles. The van der Waals surface area contributed by atoms with Crippen molar-refractivity contribution in [3.63, 3.8) is 0 Å². The van der Waals surface area contributed by atoms with Gasteiger partial charge in [-0.3, -0.25) is 4.79 Å². The molecule has 0 spiro atoms. The predicted molar refractivity (Wildman–Crippen MR) is 109 cm³/mol. The van der Waals surface area contributed by atoms with Crippen molar-refractivity contribution in [3.05, 3.63) is 64.9 Å². The largest absolute Gasteiger partial charge is 0.495 e. The molecule has 7 nitrogen and oxygen atoms in total. The van der Waals surface area contributed by atoms with E-state index in [0.717, 1.165) is 11.3 Å². The van der Waals surface area contributed by atoms with E-state index in [9.17, 15) is 4.79 Å². The van der Waals surface area contributed by atoms with E-state index in [1.54, 1.807) is 25.3 Å². The molecule has 0 atom stereocenters. The maximum absolute atomic E-state index is 12.4. The lowest BCUT2D eigenvalue weighted by Gasteiger charge is -2.11. The Balaban J connectivity index is 1.71. The lowest BCUT2D eigenvalue weighted by atomic mass is 10.2. The summed E-state index contributed by atoms with van der Waals surface area (Å²) in [5.74, 6) is 1.21. The molecule has 1 aromatic heterocycles. The summed E-state index contributed by atoms with van der Waals surface area (Å²) < 4.78 is 10.4. The summed E-state index contributed by atoms with van der Waals surface area (Å²) in [7, 11) is 3.12. The number of nitrogens with zero attached hydrogens (tertiary/aromatic N) is 2. The van der Waals surface area contributed by atoms with Gasteiger partial charge < -0.3 is 20.1 Å². The standard InChI is InChI=1S/C20H19ClN4O3/c1-12-4-6-18(28-3)16(8-12)25-20-22-10-13(11-23-20)19(26)24-14-5-7-17(27-2)15(21)9-14/h4-11H,1-3H3,(H,24,26)(H,22,23,25). The first kappa shape index (κ1) is 19.4. The highest BCUT2D eigenvalue weighted by Gasteiger charge is 2.11. The van der Waals surface area contributed by atoms with Gasteiger partial charge in [0.15, 0.2) is 0 Å². The fraction of sp³-hybridized carbons (Fsp3) is 0.150. The molecular formula is C20H19ClN4O3. The number of nitrogens with one attached hydrogen (secondary N) is 2. The molecule has 0 aliphatic heterocycles. The second kappa shape index (κ2) is 8.58. The number of carbonyl (C=O) groups excluding carboxylic acids is 1. The molecule has 8 heteroatoms. The van der Waals surface area contributed by atoms with Crippen molar-refractivity contribution < 1.29 is 14.3 Å². The molecule has 2 N–H and O–H groups in total. The molecule has 0 aliphatic carbocycles. The molecule has 28 heavy (non-hydrogen) atoms. The van der Waals surface area contributed by atoms with Crippen molar-refractivity contribution in [1.82, 2.24) is 9.97 Å². The lowest BCUT2D eigenvalue weighted by Crippen LogP contribution is -2.13. The quantitative estimate of drug-likeness (QED) is 0.638.